The van der Waals surface area contributed by atoms with Gasteiger partial charge in [0.15, 0.2) is 0 Å². The van der Waals surface area contributed by atoms with Crippen LogP contribution in [0.1, 0.15) is 19.8 Å². The number of nitrogens with two attached hydrogens (primary N) is 1. The van der Waals surface area contributed by atoms with Crippen LogP contribution in [0.2, 0.25) is 0 Å². The summed E-state index contributed by atoms with van der Waals surface area (Å²) in [5.41, 5.74) is 5.38. The van der Waals surface area contributed by atoms with Crippen molar-refractivity contribution in [3.8, 4) is 0 Å². The molecule has 88 valence electrons. The molecule has 1 aromatic rings. The summed E-state index contributed by atoms with van der Waals surface area (Å²) in [4.78, 5) is 17.6. The van der Waals surface area contributed by atoms with Gasteiger partial charge >= 0.3 is 0 Å². The van der Waals surface area contributed by atoms with Gasteiger partial charge in [-0.3, -0.25) is 4.79 Å². The minimum Gasteiger partial charge on any atom is -0.367 e. The first kappa shape index (κ1) is 10.9. The maximum atomic E-state index is 11.9. The molecule has 1 aromatic heterocycles. The van der Waals surface area contributed by atoms with Crippen LogP contribution in [0.5, 0.6) is 0 Å². The average Bonchev–Trinajstić information content (AvgIpc) is 2.65. The molecule has 0 aliphatic carbocycles. The van der Waals surface area contributed by atoms with E-state index in [1.807, 2.05) is 4.90 Å². The third kappa shape index (κ3) is 2.50. The summed E-state index contributed by atoms with van der Waals surface area (Å²) >= 11 is 0. The number of aromatic nitrogens is 3. The van der Waals surface area contributed by atoms with Crippen LogP contribution in [0, 0.1) is 5.92 Å². The third-order valence-corrected chi connectivity index (χ3v) is 2.99. The molecular formula is C10H17N5O. The lowest BCUT2D eigenvalue weighted by atomic mass is 9.99. The van der Waals surface area contributed by atoms with Gasteiger partial charge in [-0.2, -0.15) is 0 Å². The molecule has 0 bridgehead atoms. The lowest BCUT2D eigenvalue weighted by Gasteiger charge is -2.30. The topological polar surface area (TPSA) is 77.0 Å². The molecule has 1 aliphatic heterocycles. The van der Waals surface area contributed by atoms with E-state index in [0.29, 0.717) is 0 Å². The highest BCUT2D eigenvalue weighted by atomic mass is 16.2. The van der Waals surface area contributed by atoms with Gasteiger partial charge in [0.25, 0.3) is 0 Å². The molecule has 16 heavy (non-hydrogen) atoms. The molecule has 1 amide bonds. The maximum absolute atomic E-state index is 11.9. The smallest absolute Gasteiger partial charge is 0.244 e. The number of carbonyl (C=O) groups excluding carboxylic acids is 1. The molecule has 0 aromatic carbocycles. The van der Waals surface area contributed by atoms with Crippen LogP contribution in [-0.4, -0.2) is 38.7 Å². The van der Waals surface area contributed by atoms with Gasteiger partial charge in [0.05, 0.1) is 0 Å². The van der Waals surface area contributed by atoms with Crippen molar-refractivity contribution in [1.82, 2.24) is 19.7 Å². The maximum Gasteiger partial charge on any atom is 0.244 e. The van der Waals surface area contributed by atoms with E-state index < -0.39 is 0 Å². The fourth-order valence-electron chi connectivity index (χ4n) is 1.88. The number of hydrogen-bond acceptors (Lipinski definition) is 4. The highest BCUT2D eigenvalue weighted by molar-refractivity contribution is 5.75. The van der Waals surface area contributed by atoms with Gasteiger partial charge in [-0.1, -0.05) is 6.92 Å². The Labute approximate surface area is 94.4 Å². The molecule has 2 N–H and O–H groups in total. The van der Waals surface area contributed by atoms with Crippen LogP contribution >= 0.6 is 0 Å². The number of nitrogens with zero attached hydrogens (tertiary/aromatic N) is 4. The summed E-state index contributed by atoms with van der Waals surface area (Å²) in [6.45, 7) is 4.16. The van der Waals surface area contributed by atoms with Gasteiger partial charge in [-0.05, 0) is 18.8 Å². The van der Waals surface area contributed by atoms with Gasteiger partial charge in [-0.25, -0.2) is 9.67 Å². The van der Waals surface area contributed by atoms with Crippen molar-refractivity contribution in [3.63, 3.8) is 0 Å². The summed E-state index contributed by atoms with van der Waals surface area (Å²) < 4.78 is 1.48. The van der Waals surface area contributed by atoms with Gasteiger partial charge in [0, 0.05) is 13.1 Å². The van der Waals surface area contributed by atoms with E-state index in [1.165, 1.54) is 11.0 Å². The Morgan fingerprint density at radius 1 is 1.56 bits per heavy atom. The molecule has 1 aliphatic rings. The first-order valence-corrected chi connectivity index (χ1v) is 5.58. The van der Waals surface area contributed by atoms with Crippen molar-refractivity contribution in [1.29, 1.82) is 0 Å². The first-order chi connectivity index (χ1) is 7.65. The zero-order valence-electron chi connectivity index (χ0n) is 9.46. The summed E-state index contributed by atoms with van der Waals surface area (Å²) in [5.74, 6) is 1.03. The van der Waals surface area contributed by atoms with Crippen molar-refractivity contribution in [2.45, 2.75) is 26.3 Å². The first-order valence-electron chi connectivity index (χ1n) is 5.58. The number of carbonyl (C=O) groups is 1. The van der Waals surface area contributed by atoms with Crippen molar-refractivity contribution in [2.24, 2.45) is 5.92 Å². The van der Waals surface area contributed by atoms with Crippen molar-refractivity contribution in [3.05, 3.63) is 6.33 Å². The van der Waals surface area contributed by atoms with Crippen molar-refractivity contribution >= 4 is 11.9 Å². The number of piperidine rings is 1. The highest BCUT2D eigenvalue weighted by Gasteiger charge is 2.20. The van der Waals surface area contributed by atoms with Gasteiger partial charge in [0.2, 0.25) is 11.9 Å². The number of anilines is 1. The Balaban J connectivity index is 1.88. The summed E-state index contributed by atoms with van der Waals surface area (Å²) in [6.07, 6.45) is 3.66. The fourth-order valence-corrected chi connectivity index (χ4v) is 1.88. The monoisotopic (exact) mass is 223 g/mol. The Bertz CT molecular complexity index is 367. The van der Waals surface area contributed by atoms with Crippen molar-refractivity contribution in [2.75, 3.05) is 18.8 Å². The van der Waals surface area contributed by atoms with Crippen LogP contribution < -0.4 is 5.73 Å². The molecule has 0 saturated carbocycles. The predicted octanol–water partition coefficient (Wildman–Crippen LogP) is 0.119. The number of likely N-dealkylation sites (tertiary alicyclic amines) is 1. The van der Waals surface area contributed by atoms with Crippen molar-refractivity contribution < 1.29 is 4.79 Å². The van der Waals surface area contributed by atoms with E-state index in [9.17, 15) is 4.79 Å². The normalized spacial score (nSPS) is 17.7. The second kappa shape index (κ2) is 4.51. The zero-order chi connectivity index (χ0) is 11.5. The summed E-state index contributed by atoms with van der Waals surface area (Å²) in [6, 6.07) is 0. The standard InChI is InChI=1S/C10H17N5O/c1-8-2-4-14(5-3-8)9(16)6-15-7-12-10(11)13-15/h7-8H,2-6H2,1H3,(H2,11,13). The lowest BCUT2D eigenvalue weighted by molar-refractivity contribution is -0.133. The van der Waals surface area contributed by atoms with Crippen LogP contribution in [0.4, 0.5) is 5.95 Å². The van der Waals surface area contributed by atoms with Gasteiger partial charge < -0.3 is 10.6 Å². The third-order valence-electron chi connectivity index (χ3n) is 2.99. The van der Waals surface area contributed by atoms with Crippen LogP contribution in [0.3, 0.4) is 0 Å². The Morgan fingerprint density at radius 3 is 2.81 bits per heavy atom. The van der Waals surface area contributed by atoms with E-state index in [-0.39, 0.29) is 18.4 Å². The molecular weight excluding hydrogens is 206 g/mol. The van der Waals surface area contributed by atoms with Gasteiger partial charge in [0.1, 0.15) is 12.9 Å². The quantitative estimate of drug-likeness (QED) is 0.772. The number of rotatable bonds is 2. The minimum atomic E-state index is 0.0943. The average molecular weight is 223 g/mol. The molecule has 2 heterocycles. The molecule has 1 saturated heterocycles. The van der Waals surface area contributed by atoms with Crippen LogP contribution in [0.25, 0.3) is 0 Å². The van der Waals surface area contributed by atoms with E-state index in [1.54, 1.807) is 0 Å². The largest absolute Gasteiger partial charge is 0.367 e. The SMILES string of the molecule is CC1CCN(C(=O)Cn2cnc(N)n2)CC1. The summed E-state index contributed by atoms with van der Waals surface area (Å²) in [5, 5.41) is 3.90. The van der Waals surface area contributed by atoms with E-state index >= 15 is 0 Å². The molecule has 1 fully saturated rings. The molecule has 6 heteroatoms. The molecule has 0 spiro atoms. The zero-order valence-corrected chi connectivity index (χ0v) is 9.46. The Morgan fingerprint density at radius 2 is 2.25 bits per heavy atom. The number of amides is 1. The molecule has 6 nitrogen and oxygen atoms in total. The Hall–Kier alpha value is -1.59. The van der Waals surface area contributed by atoms with Gasteiger partial charge in [-0.15, -0.1) is 5.10 Å². The molecule has 0 atom stereocenters. The lowest BCUT2D eigenvalue weighted by Crippen LogP contribution is -2.39. The minimum absolute atomic E-state index is 0.0943. The fraction of sp³-hybridized carbons (Fsp3) is 0.700. The van der Waals surface area contributed by atoms with Crippen LogP contribution in [0.15, 0.2) is 6.33 Å². The Kier molecular flexibility index (Phi) is 3.07. The number of nitrogen functional groups attached to an aromatic ring is 1. The predicted molar refractivity (Wildman–Crippen MR) is 59.4 cm³/mol. The van der Waals surface area contributed by atoms with Crippen LogP contribution in [-0.2, 0) is 11.3 Å². The van der Waals surface area contributed by atoms with E-state index in [0.717, 1.165) is 31.8 Å². The van der Waals surface area contributed by atoms with E-state index in [2.05, 4.69) is 17.0 Å². The number of hydrogen-bond donors (Lipinski definition) is 1. The van der Waals surface area contributed by atoms with E-state index in [4.69, 9.17) is 5.73 Å². The molecule has 2 rings (SSSR count). The summed E-state index contributed by atoms with van der Waals surface area (Å²) in [7, 11) is 0. The molecule has 0 radical (unpaired) electrons. The molecule has 0 unspecified atom stereocenters. The highest BCUT2D eigenvalue weighted by Crippen LogP contribution is 2.16. The second-order valence-corrected chi connectivity index (χ2v) is 4.36. The second-order valence-electron chi connectivity index (χ2n) is 4.36.